The van der Waals surface area contributed by atoms with Crippen LogP contribution < -0.4 is 0 Å². The molecule has 2 heterocycles. The predicted octanol–water partition coefficient (Wildman–Crippen LogP) is 4.25. The van der Waals surface area contributed by atoms with Crippen LogP contribution in [0.25, 0.3) is 0 Å². The zero-order valence-electron chi connectivity index (χ0n) is 15.7. The van der Waals surface area contributed by atoms with Crippen molar-refractivity contribution in [2.75, 3.05) is 19.6 Å². The number of carbonyl (C=O) groups excluding carboxylic acids is 1. The fourth-order valence-corrected chi connectivity index (χ4v) is 3.79. The van der Waals surface area contributed by atoms with Crippen LogP contribution in [0, 0.1) is 11.7 Å². The number of pyridine rings is 1. The Hall–Kier alpha value is -1.98. The van der Waals surface area contributed by atoms with Crippen LogP contribution in [-0.2, 0) is 6.54 Å². The summed E-state index contributed by atoms with van der Waals surface area (Å²) in [4.78, 5) is 21.3. The minimum Gasteiger partial charge on any atom is -0.337 e. The molecule has 0 saturated carbocycles. The Balaban J connectivity index is 1.76. The summed E-state index contributed by atoms with van der Waals surface area (Å²) in [5.74, 6) is 0.137. The molecule has 1 atom stereocenters. The zero-order valence-corrected chi connectivity index (χ0v) is 16.5. The van der Waals surface area contributed by atoms with Crippen LogP contribution in [0.2, 0.25) is 5.02 Å². The highest BCUT2D eigenvalue weighted by atomic mass is 35.5. The van der Waals surface area contributed by atoms with Gasteiger partial charge in [-0.1, -0.05) is 37.6 Å². The van der Waals surface area contributed by atoms with Crippen LogP contribution in [-0.4, -0.2) is 46.4 Å². The molecule has 0 radical (unpaired) electrons. The number of rotatable bonds is 4. The number of nitrogens with zero attached hydrogens (tertiary/aromatic N) is 3. The summed E-state index contributed by atoms with van der Waals surface area (Å²) in [6.07, 6.45) is 3.99. The summed E-state index contributed by atoms with van der Waals surface area (Å²) >= 11 is 6.00. The van der Waals surface area contributed by atoms with E-state index in [9.17, 15) is 9.18 Å². The van der Waals surface area contributed by atoms with Crippen LogP contribution in [0.5, 0.6) is 0 Å². The van der Waals surface area contributed by atoms with Gasteiger partial charge in [-0.05, 0) is 36.1 Å². The number of carbonyl (C=O) groups is 1. The van der Waals surface area contributed by atoms with Gasteiger partial charge < -0.3 is 4.90 Å². The van der Waals surface area contributed by atoms with Gasteiger partial charge in [0.05, 0.1) is 10.6 Å². The lowest BCUT2D eigenvalue weighted by molar-refractivity contribution is 0.0702. The third-order valence-corrected chi connectivity index (χ3v) is 5.26. The molecule has 6 heteroatoms. The second-order valence-electron chi connectivity index (χ2n) is 7.40. The first kappa shape index (κ1) is 19.8. The Morgan fingerprint density at radius 2 is 2.00 bits per heavy atom. The van der Waals surface area contributed by atoms with Crippen molar-refractivity contribution < 1.29 is 9.18 Å². The monoisotopic (exact) mass is 389 g/mol. The van der Waals surface area contributed by atoms with Gasteiger partial charge >= 0.3 is 0 Å². The lowest BCUT2D eigenvalue weighted by atomic mass is 10.0. The third-order valence-electron chi connectivity index (χ3n) is 5.06. The fourth-order valence-electron chi connectivity index (χ4n) is 3.61. The van der Waals surface area contributed by atoms with E-state index >= 15 is 0 Å². The topological polar surface area (TPSA) is 36.4 Å². The van der Waals surface area contributed by atoms with E-state index in [0.29, 0.717) is 29.6 Å². The number of aromatic nitrogens is 1. The molecular formula is C21H25ClFN3O. The molecule has 1 aromatic heterocycles. The van der Waals surface area contributed by atoms with E-state index in [2.05, 4.69) is 23.7 Å². The Labute approximate surface area is 165 Å². The lowest BCUT2D eigenvalue weighted by Crippen LogP contribution is -2.45. The molecule has 1 amide bonds. The number of benzene rings is 1. The molecule has 1 saturated heterocycles. The molecule has 27 heavy (non-hydrogen) atoms. The highest BCUT2D eigenvalue weighted by molar-refractivity contribution is 6.30. The molecule has 0 unspecified atom stereocenters. The summed E-state index contributed by atoms with van der Waals surface area (Å²) in [6, 6.07) is 8.56. The van der Waals surface area contributed by atoms with Crippen molar-refractivity contribution in [3.8, 4) is 0 Å². The van der Waals surface area contributed by atoms with Crippen LogP contribution in [0.15, 0.2) is 42.7 Å². The average Bonchev–Trinajstić information content (AvgIpc) is 2.86. The van der Waals surface area contributed by atoms with Gasteiger partial charge in [0.2, 0.25) is 0 Å². The molecule has 1 aliphatic heterocycles. The van der Waals surface area contributed by atoms with Gasteiger partial charge in [0, 0.05) is 44.6 Å². The maximum atomic E-state index is 13.2. The quantitative estimate of drug-likeness (QED) is 0.784. The summed E-state index contributed by atoms with van der Waals surface area (Å²) < 4.78 is 13.2. The minimum absolute atomic E-state index is 0.0284. The van der Waals surface area contributed by atoms with Crippen molar-refractivity contribution >= 4 is 17.5 Å². The standard InChI is InChI=1S/C21H25ClFN3O/c1-15(2)20-14-26(21(27)17-10-18(22)12-24-11-17)9-3-8-25(20)13-16-4-6-19(23)7-5-16/h4-7,10-12,15,20H,3,8-9,13-14H2,1-2H3/t20-/m1/s1. The minimum atomic E-state index is -0.220. The second kappa shape index (κ2) is 8.81. The van der Waals surface area contributed by atoms with Gasteiger partial charge in [-0.15, -0.1) is 0 Å². The Morgan fingerprint density at radius 1 is 1.26 bits per heavy atom. The van der Waals surface area contributed by atoms with E-state index in [1.54, 1.807) is 12.3 Å². The molecule has 1 aromatic carbocycles. The molecule has 1 fully saturated rings. The SMILES string of the molecule is CC(C)[C@H]1CN(C(=O)c2cncc(Cl)c2)CCCN1Cc1ccc(F)cc1. The van der Waals surface area contributed by atoms with Crippen LogP contribution in [0.1, 0.15) is 36.2 Å². The number of halogens is 2. The van der Waals surface area contributed by atoms with Crippen molar-refractivity contribution in [3.63, 3.8) is 0 Å². The van der Waals surface area contributed by atoms with Gasteiger partial charge in [-0.3, -0.25) is 14.7 Å². The van der Waals surface area contributed by atoms with Gasteiger partial charge in [-0.25, -0.2) is 4.39 Å². The van der Waals surface area contributed by atoms with Crippen molar-refractivity contribution in [3.05, 3.63) is 64.7 Å². The largest absolute Gasteiger partial charge is 0.337 e. The lowest BCUT2D eigenvalue weighted by Gasteiger charge is -2.34. The number of hydrogen-bond donors (Lipinski definition) is 0. The fraction of sp³-hybridized carbons (Fsp3) is 0.429. The van der Waals surface area contributed by atoms with Crippen LogP contribution in [0.3, 0.4) is 0 Å². The Morgan fingerprint density at radius 3 is 2.67 bits per heavy atom. The molecule has 144 valence electrons. The molecule has 4 nitrogen and oxygen atoms in total. The van der Waals surface area contributed by atoms with Gasteiger partial charge in [0.25, 0.3) is 5.91 Å². The van der Waals surface area contributed by atoms with Crippen molar-refractivity contribution in [1.82, 2.24) is 14.8 Å². The third kappa shape index (κ3) is 5.05. The first-order chi connectivity index (χ1) is 12.9. The van der Waals surface area contributed by atoms with Crippen molar-refractivity contribution in [2.45, 2.75) is 32.9 Å². The molecule has 0 N–H and O–H groups in total. The van der Waals surface area contributed by atoms with Crippen LogP contribution in [0.4, 0.5) is 4.39 Å². The first-order valence-corrected chi connectivity index (χ1v) is 9.70. The summed E-state index contributed by atoms with van der Waals surface area (Å²) in [5, 5.41) is 0.467. The van der Waals surface area contributed by atoms with Gasteiger partial charge in [-0.2, -0.15) is 0 Å². The molecule has 2 aromatic rings. The maximum Gasteiger partial charge on any atom is 0.255 e. The van der Waals surface area contributed by atoms with Gasteiger partial charge in [0.15, 0.2) is 0 Å². The summed E-state index contributed by atoms with van der Waals surface area (Å²) in [7, 11) is 0. The summed E-state index contributed by atoms with van der Waals surface area (Å²) in [6.45, 7) is 7.37. The zero-order chi connectivity index (χ0) is 19.4. The molecule has 0 bridgehead atoms. The van der Waals surface area contributed by atoms with Crippen molar-refractivity contribution in [1.29, 1.82) is 0 Å². The highest BCUT2D eigenvalue weighted by Gasteiger charge is 2.30. The van der Waals surface area contributed by atoms with E-state index in [4.69, 9.17) is 11.6 Å². The predicted molar refractivity (Wildman–Crippen MR) is 105 cm³/mol. The van der Waals surface area contributed by atoms with Crippen molar-refractivity contribution in [2.24, 2.45) is 5.92 Å². The van der Waals surface area contributed by atoms with E-state index in [1.807, 2.05) is 17.0 Å². The maximum absolute atomic E-state index is 13.2. The molecule has 0 spiro atoms. The average molecular weight is 390 g/mol. The van der Waals surface area contributed by atoms with E-state index in [-0.39, 0.29) is 17.8 Å². The molecule has 3 rings (SSSR count). The van der Waals surface area contributed by atoms with Gasteiger partial charge in [0.1, 0.15) is 5.82 Å². The number of hydrogen-bond acceptors (Lipinski definition) is 3. The van der Waals surface area contributed by atoms with E-state index < -0.39 is 0 Å². The van der Waals surface area contributed by atoms with E-state index in [1.165, 1.54) is 18.3 Å². The molecular weight excluding hydrogens is 365 g/mol. The molecule has 1 aliphatic rings. The van der Waals surface area contributed by atoms with Crippen LogP contribution >= 0.6 is 11.6 Å². The number of amides is 1. The molecule has 0 aliphatic carbocycles. The second-order valence-corrected chi connectivity index (χ2v) is 7.84. The Bertz CT molecular complexity index is 781. The van der Waals surface area contributed by atoms with E-state index in [0.717, 1.165) is 25.1 Å². The first-order valence-electron chi connectivity index (χ1n) is 9.32. The summed E-state index contributed by atoms with van der Waals surface area (Å²) in [5.41, 5.74) is 1.61. The Kier molecular flexibility index (Phi) is 6.45. The normalized spacial score (nSPS) is 18.6. The highest BCUT2D eigenvalue weighted by Crippen LogP contribution is 2.22. The smallest absolute Gasteiger partial charge is 0.255 e.